The number of rotatable bonds is 4. The maximum atomic E-state index is 12.6. The second-order valence-electron chi connectivity index (χ2n) is 5.97. The number of carbonyl (C=O) groups excluding carboxylic acids is 3. The third kappa shape index (κ3) is 3.91. The van der Waals surface area contributed by atoms with E-state index in [1.165, 1.54) is 0 Å². The molecule has 3 amide bonds. The molecule has 0 aromatic heterocycles. The highest BCUT2D eigenvalue weighted by Gasteiger charge is 2.37. The van der Waals surface area contributed by atoms with Crippen molar-refractivity contribution in [2.24, 2.45) is 0 Å². The number of para-hydroxylation sites is 1. The van der Waals surface area contributed by atoms with Gasteiger partial charge in [-0.1, -0.05) is 47.5 Å². The zero-order chi connectivity index (χ0) is 19.6. The van der Waals surface area contributed by atoms with Crippen LogP contribution in [-0.4, -0.2) is 24.3 Å². The first kappa shape index (κ1) is 19.2. The lowest BCUT2D eigenvalue weighted by Gasteiger charge is -2.15. The van der Waals surface area contributed by atoms with Gasteiger partial charge >= 0.3 is 11.8 Å². The third-order valence-electron chi connectivity index (χ3n) is 4.30. The number of anilines is 1. The minimum atomic E-state index is -0.883. The normalized spacial score (nSPS) is 15.4. The van der Waals surface area contributed by atoms with Crippen molar-refractivity contribution in [3.8, 4) is 0 Å². The van der Waals surface area contributed by atoms with Crippen LogP contribution in [0.4, 0.5) is 5.69 Å². The van der Waals surface area contributed by atoms with Crippen LogP contribution in [-0.2, 0) is 20.9 Å². The Balaban J connectivity index is 1.66. The summed E-state index contributed by atoms with van der Waals surface area (Å²) in [5, 5.41) is 5.88. The molecule has 0 spiro atoms. The molecule has 1 heterocycles. The Morgan fingerprint density at radius 3 is 2.56 bits per heavy atom. The van der Waals surface area contributed by atoms with Crippen molar-refractivity contribution in [3.05, 3.63) is 63.6 Å². The van der Waals surface area contributed by atoms with Gasteiger partial charge in [-0.2, -0.15) is 0 Å². The van der Waals surface area contributed by atoms with Crippen LogP contribution in [0, 0.1) is 0 Å². The molecule has 0 saturated heterocycles. The van der Waals surface area contributed by atoms with Crippen LogP contribution in [0.5, 0.6) is 0 Å². The first-order chi connectivity index (χ1) is 12.9. The van der Waals surface area contributed by atoms with Crippen LogP contribution in [0.1, 0.15) is 24.1 Å². The molecule has 1 aliphatic rings. The molecule has 0 aliphatic carbocycles. The standard InChI is InChI=1S/C19H17Cl2N3O3/c1-2-24-15-6-4-3-5-13(15)16(19(24)27)23-18(26)17(25)22-10-11-7-8-12(20)9-14(11)21/h3-9,16H,2,10H2,1H3,(H,22,25)(H,23,26)/t16-/m1/s1. The number of benzene rings is 2. The summed E-state index contributed by atoms with van der Waals surface area (Å²) < 4.78 is 0. The van der Waals surface area contributed by atoms with Crippen LogP contribution in [0.3, 0.4) is 0 Å². The molecule has 0 saturated carbocycles. The topological polar surface area (TPSA) is 78.5 Å². The van der Waals surface area contributed by atoms with Gasteiger partial charge in [0.05, 0.1) is 0 Å². The molecule has 0 fully saturated rings. The fourth-order valence-corrected chi connectivity index (χ4v) is 3.44. The van der Waals surface area contributed by atoms with Gasteiger partial charge in [-0.25, -0.2) is 0 Å². The maximum Gasteiger partial charge on any atom is 0.310 e. The molecule has 2 aromatic carbocycles. The van der Waals surface area contributed by atoms with E-state index in [0.29, 0.717) is 27.7 Å². The Labute approximate surface area is 166 Å². The van der Waals surface area contributed by atoms with Crippen molar-refractivity contribution in [1.29, 1.82) is 0 Å². The van der Waals surface area contributed by atoms with Crippen LogP contribution in [0.25, 0.3) is 0 Å². The number of nitrogens with one attached hydrogen (secondary N) is 2. The van der Waals surface area contributed by atoms with E-state index in [1.54, 1.807) is 35.2 Å². The molecule has 1 atom stereocenters. The summed E-state index contributed by atoms with van der Waals surface area (Å²) in [5.74, 6) is -1.99. The number of amides is 3. The van der Waals surface area contributed by atoms with E-state index >= 15 is 0 Å². The zero-order valence-electron chi connectivity index (χ0n) is 14.5. The number of halogens is 2. The Kier molecular flexibility index (Phi) is 5.68. The Bertz CT molecular complexity index is 917. The quantitative estimate of drug-likeness (QED) is 0.767. The minimum Gasteiger partial charge on any atom is -0.344 e. The van der Waals surface area contributed by atoms with E-state index in [0.717, 1.165) is 5.69 Å². The lowest BCUT2D eigenvalue weighted by Crippen LogP contribution is -2.44. The van der Waals surface area contributed by atoms with Crippen LogP contribution < -0.4 is 15.5 Å². The van der Waals surface area contributed by atoms with E-state index < -0.39 is 17.9 Å². The summed E-state index contributed by atoms with van der Waals surface area (Å²) in [6.07, 6.45) is 0. The lowest BCUT2D eigenvalue weighted by molar-refractivity contribution is -0.140. The van der Waals surface area contributed by atoms with E-state index in [9.17, 15) is 14.4 Å². The van der Waals surface area contributed by atoms with Crippen molar-refractivity contribution in [1.82, 2.24) is 10.6 Å². The van der Waals surface area contributed by atoms with Gasteiger partial charge in [0, 0.05) is 34.4 Å². The Hall–Kier alpha value is -2.57. The number of fused-ring (bicyclic) bond motifs is 1. The number of hydrogen-bond acceptors (Lipinski definition) is 3. The van der Waals surface area contributed by atoms with E-state index in [-0.39, 0.29) is 12.5 Å². The number of carbonyl (C=O) groups is 3. The number of hydrogen-bond donors (Lipinski definition) is 2. The van der Waals surface area contributed by atoms with E-state index in [2.05, 4.69) is 10.6 Å². The number of likely N-dealkylation sites (N-methyl/N-ethyl adjacent to an activating group) is 1. The van der Waals surface area contributed by atoms with Gasteiger partial charge in [0.25, 0.3) is 5.91 Å². The molecule has 0 unspecified atom stereocenters. The van der Waals surface area contributed by atoms with Crippen LogP contribution in [0.15, 0.2) is 42.5 Å². The molecule has 2 aromatic rings. The molecule has 2 N–H and O–H groups in total. The molecular formula is C19H17Cl2N3O3. The SMILES string of the molecule is CCN1C(=O)[C@H](NC(=O)C(=O)NCc2ccc(Cl)cc2Cl)c2ccccc21. The minimum absolute atomic E-state index is 0.0680. The molecule has 0 radical (unpaired) electrons. The molecular weight excluding hydrogens is 389 g/mol. The van der Waals surface area contributed by atoms with Gasteiger partial charge < -0.3 is 15.5 Å². The summed E-state index contributed by atoms with van der Waals surface area (Å²) in [7, 11) is 0. The molecule has 27 heavy (non-hydrogen) atoms. The molecule has 6 nitrogen and oxygen atoms in total. The van der Waals surface area contributed by atoms with Crippen molar-refractivity contribution in [2.75, 3.05) is 11.4 Å². The highest BCUT2D eigenvalue weighted by atomic mass is 35.5. The number of nitrogens with zero attached hydrogens (tertiary/aromatic N) is 1. The molecule has 1 aliphatic heterocycles. The van der Waals surface area contributed by atoms with Gasteiger partial charge in [0.1, 0.15) is 6.04 Å². The average molecular weight is 406 g/mol. The second kappa shape index (κ2) is 7.98. The summed E-state index contributed by atoms with van der Waals surface area (Å²) in [6.45, 7) is 2.39. The maximum absolute atomic E-state index is 12.6. The smallest absolute Gasteiger partial charge is 0.310 e. The van der Waals surface area contributed by atoms with Gasteiger partial charge in [-0.3, -0.25) is 14.4 Å². The van der Waals surface area contributed by atoms with Gasteiger partial charge in [0.15, 0.2) is 0 Å². The lowest BCUT2D eigenvalue weighted by atomic mass is 10.1. The Morgan fingerprint density at radius 1 is 1.11 bits per heavy atom. The summed E-state index contributed by atoms with van der Waals surface area (Å²) in [4.78, 5) is 38.5. The Morgan fingerprint density at radius 2 is 1.85 bits per heavy atom. The largest absolute Gasteiger partial charge is 0.344 e. The predicted octanol–water partition coefficient (Wildman–Crippen LogP) is 2.83. The van der Waals surface area contributed by atoms with Crippen molar-refractivity contribution in [2.45, 2.75) is 19.5 Å². The first-order valence-corrected chi connectivity index (χ1v) is 9.11. The fourth-order valence-electron chi connectivity index (χ4n) is 2.97. The summed E-state index contributed by atoms with van der Waals surface area (Å²) in [6, 6.07) is 11.2. The second-order valence-corrected chi connectivity index (χ2v) is 6.81. The van der Waals surface area contributed by atoms with Gasteiger partial charge in [-0.05, 0) is 30.7 Å². The van der Waals surface area contributed by atoms with Crippen molar-refractivity contribution < 1.29 is 14.4 Å². The monoisotopic (exact) mass is 405 g/mol. The summed E-state index contributed by atoms with van der Waals surface area (Å²) in [5.41, 5.74) is 2.04. The van der Waals surface area contributed by atoms with E-state index in [1.807, 2.05) is 19.1 Å². The average Bonchev–Trinajstić information content (AvgIpc) is 2.92. The predicted molar refractivity (Wildman–Crippen MR) is 104 cm³/mol. The van der Waals surface area contributed by atoms with Crippen LogP contribution in [0.2, 0.25) is 10.0 Å². The molecule has 8 heteroatoms. The highest BCUT2D eigenvalue weighted by molar-refractivity contribution is 6.36. The molecule has 3 rings (SSSR count). The summed E-state index contributed by atoms with van der Waals surface area (Å²) >= 11 is 11.9. The third-order valence-corrected chi connectivity index (χ3v) is 4.89. The van der Waals surface area contributed by atoms with Crippen LogP contribution >= 0.6 is 23.2 Å². The fraction of sp³-hybridized carbons (Fsp3) is 0.211. The zero-order valence-corrected chi connectivity index (χ0v) is 16.0. The van der Waals surface area contributed by atoms with Gasteiger partial charge in [-0.15, -0.1) is 0 Å². The molecule has 0 bridgehead atoms. The van der Waals surface area contributed by atoms with Crippen molar-refractivity contribution in [3.63, 3.8) is 0 Å². The highest BCUT2D eigenvalue weighted by Crippen LogP contribution is 2.35. The molecule has 140 valence electrons. The van der Waals surface area contributed by atoms with Crippen molar-refractivity contribution >= 4 is 46.6 Å². The van der Waals surface area contributed by atoms with E-state index in [4.69, 9.17) is 23.2 Å². The first-order valence-electron chi connectivity index (χ1n) is 8.35. The van der Waals surface area contributed by atoms with Gasteiger partial charge in [0.2, 0.25) is 0 Å².